The van der Waals surface area contributed by atoms with E-state index >= 15 is 0 Å². The van der Waals surface area contributed by atoms with Gasteiger partial charge in [0, 0.05) is 5.02 Å². The fourth-order valence-corrected chi connectivity index (χ4v) is 5.16. The average Bonchev–Trinajstić information content (AvgIpc) is 2.79. The number of nitrogens with zero attached hydrogens (tertiary/aromatic N) is 1. The zero-order valence-electron chi connectivity index (χ0n) is 18.4. The average molecular weight is 547 g/mol. The van der Waals surface area contributed by atoms with Gasteiger partial charge < -0.3 is 10.1 Å². The Morgan fingerprint density at radius 1 is 1.06 bits per heavy atom. The summed E-state index contributed by atoms with van der Waals surface area (Å²) in [7, 11) is -3.31. The van der Waals surface area contributed by atoms with E-state index in [1.807, 2.05) is 0 Å². The van der Waals surface area contributed by atoms with Crippen molar-refractivity contribution in [3.63, 3.8) is 0 Å². The summed E-state index contributed by atoms with van der Waals surface area (Å²) in [4.78, 5) is 12.6. The molecule has 35 heavy (non-hydrogen) atoms. The van der Waals surface area contributed by atoms with Gasteiger partial charge in [-0.2, -0.15) is 13.2 Å². The predicted molar refractivity (Wildman–Crippen MR) is 129 cm³/mol. The number of sulfonamides is 1. The van der Waals surface area contributed by atoms with Crippen molar-refractivity contribution in [1.82, 2.24) is 0 Å². The minimum Gasteiger partial charge on any atom is -0.495 e. The maximum atomic E-state index is 13.7. The van der Waals surface area contributed by atoms with Gasteiger partial charge in [-0.05, 0) is 61.0 Å². The van der Waals surface area contributed by atoms with Gasteiger partial charge in [0.25, 0.3) is 10.0 Å². The van der Waals surface area contributed by atoms with Crippen LogP contribution in [0.2, 0.25) is 10.0 Å². The van der Waals surface area contributed by atoms with Gasteiger partial charge in [0.05, 0.1) is 29.1 Å². The molecule has 0 saturated carbocycles. The largest absolute Gasteiger partial charge is 0.495 e. The van der Waals surface area contributed by atoms with Crippen LogP contribution in [0.1, 0.15) is 11.1 Å². The highest BCUT2D eigenvalue weighted by Crippen LogP contribution is 2.35. The molecule has 6 nitrogen and oxygen atoms in total. The molecular formula is C23H19Cl2F3N2O4S. The first kappa shape index (κ1) is 26.7. The molecule has 0 aliphatic heterocycles. The van der Waals surface area contributed by atoms with Crippen LogP contribution in [0.25, 0.3) is 0 Å². The molecular weight excluding hydrogens is 528 g/mol. The third-order valence-corrected chi connectivity index (χ3v) is 7.20. The lowest BCUT2D eigenvalue weighted by Crippen LogP contribution is -2.38. The summed E-state index contributed by atoms with van der Waals surface area (Å²) < 4.78 is 73.2. The summed E-state index contributed by atoms with van der Waals surface area (Å²) in [6.07, 6.45) is -4.73. The second kappa shape index (κ2) is 10.3. The van der Waals surface area contributed by atoms with Crippen molar-refractivity contribution in [3.8, 4) is 5.75 Å². The van der Waals surface area contributed by atoms with Gasteiger partial charge in [-0.25, -0.2) is 8.42 Å². The summed E-state index contributed by atoms with van der Waals surface area (Å²) in [5.41, 5.74) is -0.775. The molecule has 3 aromatic carbocycles. The van der Waals surface area contributed by atoms with Crippen molar-refractivity contribution >= 4 is 50.5 Å². The zero-order chi connectivity index (χ0) is 26.0. The van der Waals surface area contributed by atoms with E-state index in [0.717, 1.165) is 18.2 Å². The normalized spacial score (nSPS) is 11.7. The molecule has 0 aliphatic carbocycles. The minimum atomic E-state index is -4.73. The Labute approximate surface area is 210 Å². The number of hydrogen-bond acceptors (Lipinski definition) is 4. The second-order valence-corrected chi connectivity index (χ2v) is 10.1. The lowest BCUT2D eigenvalue weighted by Gasteiger charge is -2.26. The molecule has 1 N–H and O–H groups in total. The topological polar surface area (TPSA) is 75.7 Å². The number of halogens is 5. The fourth-order valence-electron chi connectivity index (χ4n) is 3.17. The molecule has 0 saturated heterocycles. The smallest absolute Gasteiger partial charge is 0.416 e. The lowest BCUT2D eigenvalue weighted by molar-refractivity contribution is -0.137. The standard InChI is InChI=1S/C23H19Cl2F3N2O4S/c1-14-6-9-20(34-2)21(10-14)35(32,33)30(17-5-3-4-15(11-17)23(26,27)28)13-22(31)29-19-12-16(24)7-8-18(19)25/h3-12H,13H2,1-2H3,(H,29,31). The van der Waals surface area contributed by atoms with Gasteiger partial charge in [-0.1, -0.05) is 35.3 Å². The van der Waals surface area contributed by atoms with E-state index in [2.05, 4.69) is 5.32 Å². The Balaban J connectivity index is 2.10. The van der Waals surface area contributed by atoms with Crippen LogP contribution in [-0.2, 0) is 21.0 Å². The van der Waals surface area contributed by atoms with Crippen molar-refractivity contribution in [2.75, 3.05) is 23.3 Å². The van der Waals surface area contributed by atoms with Crippen LogP contribution in [0.5, 0.6) is 5.75 Å². The first-order valence-electron chi connectivity index (χ1n) is 9.92. The lowest BCUT2D eigenvalue weighted by atomic mass is 10.2. The zero-order valence-corrected chi connectivity index (χ0v) is 20.7. The van der Waals surface area contributed by atoms with E-state index in [0.29, 0.717) is 15.9 Å². The number of aryl methyl sites for hydroxylation is 1. The number of carbonyl (C=O) groups excluding carboxylic acids is 1. The first-order valence-corrected chi connectivity index (χ1v) is 12.1. The molecule has 0 heterocycles. The number of nitrogens with one attached hydrogen (secondary N) is 1. The summed E-state index contributed by atoms with van der Waals surface area (Å²) in [6, 6.07) is 12.3. The number of benzene rings is 3. The van der Waals surface area contributed by atoms with Crippen LogP contribution in [0.3, 0.4) is 0 Å². The van der Waals surface area contributed by atoms with Crippen molar-refractivity contribution in [2.24, 2.45) is 0 Å². The molecule has 1 amide bonds. The molecule has 0 unspecified atom stereocenters. The molecule has 0 radical (unpaired) electrons. The van der Waals surface area contributed by atoms with Gasteiger partial charge in [-0.15, -0.1) is 0 Å². The summed E-state index contributed by atoms with van der Waals surface area (Å²) in [6.45, 7) is 0.782. The maximum absolute atomic E-state index is 13.7. The molecule has 0 aromatic heterocycles. The number of amides is 1. The van der Waals surface area contributed by atoms with Crippen molar-refractivity contribution in [3.05, 3.63) is 81.8 Å². The van der Waals surface area contributed by atoms with Gasteiger partial charge in [0.1, 0.15) is 17.2 Å². The monoisotopic (exact) mass is 546 g/mol. The summed E-state index contributed by atoms with van der Waals surface area (Å²) in [5, 5.41) is 2.84. The highest BCUT2D eigenvalue weighted by Gasteiger charge is 2.34. The molecule has 0 aliphatic rings. The molecule has 186 valence electrons. The van der Waals surface area contributed by atoms with Crippen molar-refractivity contribution in [1.29, 1.82) is 0 Å². The molecule has 0 fully saturated rings. The van der Waals surface area contributed by atoms with E-state index in [9.17, 15) is 26.4 Å². The van der Waals surface area contributed by atoms with E-state index in [1.165, 1.54) is 37.4 Å². The number of rotatable bonds is 7. The van der Waals surface area contributed by atoms with Crippen LogP contribution in [-0.4, -0.2) is 28.0 Å². The number of anilines is 2. The molecule has 12 heteroatoms. The third kappa shape index (κ3) is 6.19. The van der Waals surface area contributed by atoms with Crippen molar-refractivity contribution < 1.29 is 31.1 Å². The second-order valence-electron chi connectivity index (χ2n) is 7.39. The van der Waals surface area contributed by atoms with E-state index in [-0.39, 0.29) is 32.1 Å². The Hall–Kier alpha value is -2.95. The maximum Gasteiger partial charge on any atom is 0.416 e. The highest BCUT2D eigenvalue weighted by molar-refractivity contribution is 7.93. The number of ether oxygens (including phenoxy) is 1. The summed E-state index contributed by atoms with van der Waals surface area (Å²) >= 11 is 12.0. The first-order chi connectivity index (χ1) is 16.3. The quantitative estimate of drug-likeness (QED) is 0.385. The van der Waals surface area contributed by atoms with Crippen LogP contribution in [0.15, 0.2) is 65.6 Å². The molecule has 0 bridgehead atoms. The minimum absolute atomic E-state index is 0.0362. The predicted octanol–water partition coefficient (Wildman–Crippen LogP) is 6.16. The van der Waals surface area contributed by atoms with Crippen LogP contribution in [0, 0.1) is 6.92 Å². The highest BCUT2D eigenvalue weighted by atomic mass is 35.5. The summed E-state index contributed by atoms with van der Waals surface area (Å²) in [5.74, 6) is -0.896. The van der Waals surface area contributed by atoms with Gasteiger partial charge in [-0.3, -0.25) is 9.10 Å². The third-order valence-electron chi connectivity index (χ3n) is 4.84. The number of carbonyl (C=O) groups is 1. The van der Waals surface area contributed by atoms with Gasteiger partial charge in [0.2, 0.25) is 5.91 Å². The Morgan fingerprint density at radius 2 is 1.77 bits per heavy atom. The van der Waals surface area contributed by atoms with Crippen LogP contribution in [0.4, 0.5) is 24.5 Å². The fraction of sp³-hybridized carbons (Fsp3) is 0.174. The Bertz CT molecular complexity index is 1370. The van der Waals surface area contributed by atoms with E-state index in [1.54, 1.807) is 13.0 Å². The number of methoxy groups -OCH3 is 1. The Morgan fingerprint density at radius 3 is 2.43 bits per heavy atom. The molecule has 3 rings (SSSR count). The molecule has 0 atom stereocenters. The van der Waals surface area contributed by atoms with E-state index < -0.39 is 34.2 Å². The number of hydrogen-bond donors (Lipinski definition) is 1. The van der Waals surface area contributed by atoms with Crippen LogP contribution >= 0.6 is 23.2 Å². The molecule has 0 spiro atoms. The SMILES string of the molecule is COc1ccc(C)cc1S(=O)(=O)N(CC(=O)Nc1cc(Cl)ccc1Cl)c1cccc(C(F)(F)F)c1. The van der Waals surface area contributed by atoms with Gasteiger partial charge in [0.15, 0.2) is 0 Å². The number of alkyl halides is 3. The van der Waals surface area contributed by atoms with Gasteiger partial charge >= 0.3 is 6.18 Å². The van der Waals surface area contributed by atoms with Crippen LogP contribution < -0.4 is 14.4 Å². The Kier molecular flexibility index (Phi) is 7.88. The van der Waals surface area contributed by atoms with Crippen molar-refractivity contribution in [2.45, 2.75) is 18.0 Å². The van der Waals surface area contributed by atoms with E-state index in [4.69, 9.17) is 27.9 Å². The molecule has 3 aromatic rings.